The number of imide groups is 1. The Morgan fingerprint density at radius 1 is 0.884 bits per heavy atom. The molecule has 0 unspecified atom stereocenters. The van der Waals surface area contributed by atoms with Crippen molar-refractivity contribution in [3.05, 3.63) is 82.4 Å². The fourth-order valence-corrected chi connectivity index (χ4v) is 3.96. The summed E-state index contributed by atoms with van der Waals surface area (Å²) < 4.78 is 28.0. The Bertz CT molecular complexity index is 1420. The molecular weight excluding hydrogens is 578 g/mol. The second-order valence-corrected chi connectivity index (χ2v) is 10.5. The number of carbonyl (C=O) groups excluding carboxylic acids is 2. The normalized spacial score (nSPS) is 11.4. The lowest BCUT2D eigenvalue weighted by atomic mass is 10.1. The number of nitrogens with zero attached hydrogens (tertiary/aromatic N) is 2. The van der Waals surface area contributed by atoms with Crippen LogP contribution in [0.5, 0.6) is 23.0 Å². The maximum Gasteiger partial charge on any atom is 0.417 e. The predicted octanol–water partition coefficient (Wildman–Crippen LogP) is 4.63. The second kappa shape index (κ2) is 15.0. The minimum Gasteiger partial charge on any atom is -0.497 e. The number of benzene rings is 3. The van der Waals surface area contributed by atoms with E-state index in [4.69, 9.17) is 47.0 Å². The number of ether oxygens (including phenoxy) is 5. The molecule has 2 amide bonds. The average molecular weight is 614 g/mol. The standard InChI is InChI=1S/C30H36ClN5O7/c1-30(2,3)43-29(38)36(16-25(34-32)35-33)28(37)23-14-15-24(41-17-19-6-10-21(39-4)11-7-19)27(26(23)31)42-18-20-8-12-22(40-5)13-9-20/h6-15H,16-18,32-33H2,1-5H3,(H,34,35). The summed E-state index contributed by atoms with van der Waals surface area (Å²) in [7, 11) is 3.16. The summed E-state index contributed by atoms with van der Waals surface area (Å²) in [5, 5.41) is 3.40. The van der Waals surface area contributed by atoms with Gasteiger partial charge in [-0.2, -0.15) is 5.10 Å². The van der Waals surface area contributed by atoms with Gasteiger partial charge in [0.15, 0.2) is 17.3 Å². The third kappa shape index (κ3) is 9.15. The van der Waals surface area contributed by atoms with E-state index in [-0.39, 0.29) is 41.1 Å². The fraction of sp³-hybridized carbons (Fsp3) is 0.300. The van der Waals surface area contributed by atoms with Crippen molar-refractivity contribution in [2.24, 2.45) is 16.8 Å². The van der Waals surface area contributed by atoms with Crippen LogP contribution in [-0.2, 0) is 18.0 Å². The van der Waals surface area contributed by atoms with E-state index in [0.717, 1.165) is 16.0 Å². The van der Waals surface area contributed by atoms with E-state index < -0.39 is 24.1 Å². The summed E-state index contributed by atoms with van der Waals surface area (Å²) in [6.45, 7) is 4.86. The molecule has 0 spiro atoms. The number of carbonyl (C=O) groups is 2. The Labute approximate surface area is 255 Å². The predicted molar refractivity (Wildman–Crippen MR) is 162 cm³/mol. The van der Waals surface area contributed by atoms with Gasteiger partial charge in [-0.3, -0.25) is 4.79 Å². The Kier molecular flexibility index (Phi) is 11.4. The number of rotatable bonds is 11. The van der Waals surface area contributed by atoms with E-state index in [1.54, 1.807) is 53.2 Å². The molecule has 13 heteroatoms. The number of hydrazone groups is 1. The Morgan fingerprint density at radius 2 is 1.42 bits per heavy atom. The van der Waals surface area contributed by atoms with Crippen molar-refractivity contribution in [2.75, 3.05) is 20.8 Å². The van der Waals surface area contributed by atoms with Crippen LogP contribution in [-0.4, -0.2) is 49.1 Å². The number of halogens is 1. The van der Waals surface area contributed by atoms with Crippen molar-refractivity contribution in [1.82, 2.24) is 10.3 Å². The zero-order chi connectivity index (χ0) is 31.6. The molecule has 3 aromatic carbocycles. The van der Waals surface area contributed by atoms with E-state index in [9.17, 15) is 9.59 Å². The number of hydrogen-bond donors (Lipinski definition) is 3. The molecule has 0 saturated heterocycles. The van der Waals surface area contributed by atoms with Gasteiger partial charge in [0.2, 0.25) is 0 Å². The van der Waals surface area contributed by atoms with E-state index >= 15 is 0 Å². The molecule has 0 heterocycles. The van der Waals surface area contributed by atoms with Crippen molar-refractivity contribution < 1.29 is 33.3 Å². The van der Waals surface area contributed by atoms with Crippen molar-refractivity contribution in [3.63, 3.8) is 0 Å². The highest BCUT2D eigenvalue weighted by molar-refractivity contribution is 6.36. The summed E-state index contributed by atoms with van der Waals surface area (Å²) in [6.07, 6.45) is -0.953. The summed E-state index contributed by atoms with van der Waals surface area (Å²) in [6, 6.07) is 17.6. The summed E-state index contributed by atoms with van der Waals surface area (Å²) in [5.74, 6) is 11.7. The zero-order valence-corrected chi connectivity index (χ0v) is 25.4. The molecule has 3 aromatic rings. The van der Waals surface area contributed by atoms with E-state index in [2.05, 4.69) is 10.5 Å². The average Bonchev–Trinajstić information content (AvgIpc) is 2.99. The summed E-state index contributed by atoms with van der Waals surface area (Å²) in [5.41, 5.74) is 2.97. The molecule has 43 heavy (non-hydrogen) atoms. The molecule has 0 aromatic heterocycles. The molecular formula is C30H36ClN5O7. The number of nitrogens with one attached hydrogen (secondary N) is 1. The quantitative estimate of drug-likeness (QED) is 0.120. The van der Waals surface area contributed by atoms with E-state index in [0.29, 0.717) is 11.5 Å². The third-order valence-electron chi connectivity index (χ3n) is 5.88. The topological polar surface area (TPSA) is 160 Å². The van der Waals surface area contributed by atoms with Gasteiger partial charge < -0.3 is 35.0 Å². The number of nitrogens with two attached hydrogens (primary N) is 2. The van der Waals surface area contributed by atoms with Crippen LogP contribution >= 0.6 is 11.6 Å². The van der Waals surface area contributed by atoms with Gasteiger partial charge in [-0.1, -0.05) is 35.9 Å². The van der Waals surface area contributed by atoms with Crippen molar-refractivity contribution >= 4 is 29.4 Å². The van der Waals surface area contributed by atoms with Crippen LogP contribution < -0.4 is 36.1 Å². The number of hydrazine groups is 1. The number of methoxy groups -OCH3 is 2. The van der Waals surface area contributed by atoms with Crippen molar-refractivity contribution in [3.8, 4) is 23.0 Å². The second-order valence-electron chi connectivity index (χ2n) is 10.1. The maximum atomic E-state index is 13.8. The molecule has 0 aliphatic heterocycles. The SMILES string of the molecule is COc1ccc(COc2ccc(C(=O)N(C/C(=N/N)NN)C(=O)OC(C)(C)C)c(Cl)c2OCc2ccc(OC)cc2)cc1. The smallest absolute Gasteiger partial charge is 0.417 e. The van der Waals surface area contributed by atoms with Crippen LogP contribution in [0.15, 0.2) is 65.8 Å². The molecule has 0 atom stereocenters. The molecule has 0 aliphatic carbocycles. The lowest BCUT2D eigenvalue weighted by Gasteiger charge is -2.27. The highest BCUT2D eigenvalue weighted by Crippen LogP contribution is 2.39. The van der Waals surface area contributed by atoms with Crippen LogP contribution in [0.4, 0.5) is 4.79 Å². The summed E-state index contributed by atoms with van der Waals surface area (Å²) >= 11 is 6.79. The molecule has 3 rings (SSSR count). The first kappa shape index (κ1) is 32.8. The Hall–Kier alpha value is -4.68. The van der Waals surface area contributed by atoms with Crippen LogP contribution in [0.3, 0.4) is 0 Å². The zero-order valence-electron chi connectivity index (χ0n) is 24.7. The van der Waals surface area contributed by atoms with Crippen LogP contribution in [0.2, 0.25) is 5.02 Å². The van der Waals surface area contributed by atoms with Gasteiger partial charge in [-0.05, 0) is 68.3 Å². The Morgan fingerprint density at radius 3 is 1.88 bits per heavy atom. The molecule has 0 fully saturated rings. The highest BCUT2D eigenvalue weighted by atomic mass is 35.5. The molecule has 0 saturated carbocycles. The fourth-order valence-electron chi connectivity index (χ4n) is 3.67. The van der Waals surface area contributed by atoms with Crippen LogP contribution in [0, 0.1) is 0 Å². The molecule has 0 aliphatic rings. The summed E-state index contributed by atoms with van der Waals surface area (Å²) in [4.78, 5) is 27.6. The van der Waals surface area contributed by atoms with E-state index in [1.807, 2.05) is 36.4 Å². The van der Waals surface area contributed by atoms with Gasteiger partial charge in [-0.15, -0.1) is 0 Å². The van der Waals surface area contributed by atoms with Crippen molar-refractivity contribution in [1.29, 1.82) is 0 Å². The number of amides is 2. The number of hydrogen-bond acceptors (Lipinski definition) is 10. The molecule has 230 valence electrons. The lowest BCUT2D eigenvalue weighted by Crippen LogP contribution is -2.48. The van der Waals surface area contributed by atoms with Crippen molar-refractivity contribution in [2.45, 2.75) is 39.6 Å². The first-order valence-electron chi connectivity index (χ1n) is 13.1. The van der Waals surface area contributed by atoms with Gasteiger partial charge in [0.1, 0.15) is 30.3 Å². The van der Waals surface area contributed by atoms with Gasteiger partial charge in [0, 0.05) is 0 Å². The molecule has 0 radical (unpaired) electrons. The van der Waals surface area contributed by atoms with E-state index in [1.165, 1.54) is 6.07 Å². The Balaban J connectivity index is 1.98. The molecule has 12 nitrogen and oxygen atoms in total. The monoisotopic (exact) mass is 613 g/mol. The van der Waals surface area contributed by atoms with Gasteiger partial charge in [0.25, 0.3) is 5.91 Å². The first-order valence-corrected chi connectivity index (χ1v) is 13.5. The maximum absolute atomic E-state index is 13.8. The lowest BCUT2D eigenvalue weighted by molar-refractivity contribution is 0.0265. The van der Waals surface area contributed by atoms with Crippen LogP contribution in [0.25, 0.3) is 0 Å². The van der Waals surface area contributed by atoms with Crippen LogP contribution in [0.1, 0.15) is 42.3 Å². The van der Waals surface area contributed by atoms with Gasteiger partial charge >= 0.3 is 6.09 Å². The van der Waals surface area contributed by atoms with Gasteiger partial charge in [0.05, 0.1) is 31.4 Å². The highest BCUT2D eigenvalue weighted by Gasteiger charge is 2.32. The first-order chi connectivity index (χ1) is 20.5. The number of amidine groups is 1. The van der Waals surface area contributed by atoms with Gasteiger partial charge in [-0.25, -0.2) is 15.5 Å². The molecule has 0 bridgehead atoms. The largest absolute Gasteiger partial charge is 0.497 e. The minimum absolute atomic E-state index is 0.0502. The molecule has 5 N–H and O–H groups in total. The minimum atomic E-state index is -0.953. The third-order valence-corrected chi connectivity index (χ3v) is 6.25.